The van der Waals surface area contributed by atoms with E-state index in [4.69, 9.17) is 0 Å². The van der Waals surface area contributed by atoms with Crippen LogP contribution in [0.1, 0.15) is 5.56 Å². The standard InChI is InChI=1S/C16H20BrN5O/c1-22(2)10-9-18-14-7-8-15(21-20-14)19-16(23)11-12-5-3-4-6-13(12)17/h3-8H,9-11H2,1-2H3,(H,18,20)(H,19,21,23). The highest BCUT2D eigenvalue weighted by molar-refractivity contribution is 9.10. The second kappa shape index (κ2) is 8.59. The predicted molar refractivity (Wildman–Crippen MR) is 95.6 cm³/mol. The third-order valence-electron chi connectivity index (χ3n) is 3.11. The number of hydrogen-bond donors (Lipinski definition) is 2. The van der Waals surface area contributed by atoms with Gasteiger partial charge in [0, 0.05) is 17.6 Å². The van der Waals surface area contributed by atoms with Crippen LogP contribution in [0, 0.1) is 0 Å². The Kier molecular flexibility index (Phi) is 6.49. The van der Waals surface area contributed by atoms with Crippen molar-refractivity contribution in [1.82, 2.24) is 15.1 Å². The minimum absolute atomic E-state index is 0.125. The zero-order valence-electron chi connectivity index (χ0n) is 13.2. The molecule has 0 aliphatic rings. The number of hydrogen-bond acceptors (Lipinski definition) is 5. The molecule has 2 aromatic rings. The molecule has 0 saturated carbocycles. The Morgan fingerprint density at radius 2 is 1.83 bits per heavy atom. The maximum absolute atomic E-state index is 12.0. The number of aromatic nitrogens is 2. The average molecular weight is 378 g/mol. The van der Waals surface area contributed by atoms with Crippen molar-refractivity contribution in [3.8, 4) is 0 Å². The summed E-state index contributed by atoms with van der Waals surface area (Å²) in [7, 11) is 4.02. The molecule has 2 N–H and O–H groups in total. The Labute approximate surface area is 144 Å². The van der Waals surface area contributed by atoms with Crippen LogP contribution in [-0.2, 0) is 11.2 Å². The number of amides is 1. The number of nitrogens with zero attached hydrogens (tertiary/aromatic N) is 3. The topological polar surface area (TPSA) is 70.2 Å². The van der Waals surface area contributed by atoms with E-state index in [-0.39, 0.29) is 12.3 Å². The van der Waals surface area contributed by atoms with Crippen LogP contribution in [-0.4, -0.2) is 48.2 Å². The fraction of sp³-hybridized carbons (Fsp3) is 0.312. The Morgan fingerprint density at radius 3 is 2.48 bits per heavy atom. The lowest BCUT2D eigenvalue weighted by molar-refractivity contribution is -0.115. The largest absolute Gasteiger partial charge is 0.367 e. The highest BCUT2D eigenvalue weighted by Crippen LogP contribution is 2.16. The first-order chi connectivity index (χ1) is 11.0. The van der Waals surface area contributed by atoms with E-state index in [0.717, 1.165) is 23.1 Å². The van der Waals surface area contributed by atoms with Gasteiger partial charge in [0.05, 0.1) is 6.42 Å². The van der Waals surface area contributed by atoms with Gasteiger partial charge in [-0.25, -0.2) is 0 Å². The molecule has 0 fully saturated rings. The first kappa shape index (κ1) is 17.4. The Bertz CT molecular complexity index is 645. The van der Waals surface area contributed by atoms with Gasteiger partial charge in [-0.2, -0.15) is 0 Å². The van der Waals surface area contributed by atoms with Crippen LogP contribution in [0.15, 0.2) is 40.9 Å². The summed E-state index contributed by atoms with van der Waals surface area (Å²) in [4.78, 5) is 14.1. The average Bonchev–Trinajstić information content (AvgIpc) is 2.51. The van der Waals surface area contributed by atoms with Crippen LogP contribution >= 0.6 is 15.9 Å². The summed E-state index contributed by atoms with van der Waals surface area (Å²) < 4.78 is 0.918. The summed E-state index contributed by atoms with van der Waals surface area (Å²) in [6.07, 6.45) is 0.284. The molecular weight excluding hydrogens is 358 g/mol. The maximum Gasteiger partial charge on any atom is 0.230 e. The SMILES string of the molecule is CN(C)CCNc1ccc(NC(=O)Cc2ccccc2Br)nn1. The summed E-state index contributed by atoms with van der Waals surface area (Å²) in [5.41, 5.74) is 0.930. The fourth-order valence-corrected chi connectivity index (χ4v) is 2.33. The van der Waals surface area contributed by atoms with Crippen LogP contribution in [0.4, 0.5) is 11.6 Å². The quantitative estimate of drug-likeness (QED) is 0.774. The van der Waals surface area contributed by atoms with Gasteiger partial charge in [-0.1, -0.05) is 34.1 Å². The number of carbonyl (C=O) groups excluding carboxylic acids is 1. The van der Waals surface area contributed by atoms with E-state index in [0.29, 0.717) is 11.6 Å². The Hall–Kier alpha value is -1.99. The van der Waals surface area contributed by atoms with Crippen molar-refractivity contribution in [2.45, 2.75) is 6.42 Å². The van der Waals surface area contributed by atoms with Crippen molar-refractivity contribution in [2.75, 3.05) is 37.8 Å². The third kappa shape index (κ3) is 5.96. The van der Waals surface area contributed by atoms with Crippen molar-refractivity contribution < 1.29 is 4.79 Å². The number of anilines is 2. The second-order valence-corrected chi connectivity index (χ2v) is 6.20. The molecule has 6 nitrogen and oxygen atoms in total. The lowest BCUT2D eigenvalue weighted by Crippen LogP contribution is -2.21. The molecule has 0 bridgehead atoms. The van der Waals surface area contributed by atoms with Crippen molar-refractivity contribution in [3.63, 3.8) is 0 Å². The molecule has 0 aliphatic carbocycles. The van der Waals surface area contributed by atoms with Gasteiger partial charge in [0.2, 0.25) is 5.91 Å². The van der Waals surface area contributed by atoms with Gasteiger partial charge in [0.15, 0.2) is 5.82 Å². The van der Waals surface area contributed by atoms with Gasteiger partial charge in [-0.3, -0.25) is 4.79 Å². The highest BCUT2D eigenvalue weighted by atomic mass is 79.9. The van der Waals surface area contributed by atoms with E-state index in [1.54, 1.807) is 12.1 Å². The van der Waals surface area contributed by atoms with E-state index in [2.05, 4.69) is 41.7 Å². The Morgan fingerprint density at radius 1 is 1.13 bits per heavy atom. The van der Waals surface area contributed by atoms with Crippen molar-refractivity contribution in [2.24, 2.45) is 0 Å². The molecule has 0 spiro atoms. The van der Waals surface area contributed by atoms with Gasteiger partial charge in [0.1, 0.15) is 5.82 Å². The van der Waals surface area contributed by atoms with E-state index in [1.165, 1.54) is 0 Å². The number of benzene rings is 1. The Balaban J connectivity index is 1.85. The van der Waals surface area contributed by atoms with Crippen LogP contribution in [0.2, 0.25) is 0 Å². The zero-order valence-corrected chi connectivity index (χ0v) is 14.8. The monoisotopic (exact) mass is 377 g/mol. The summed E-state index contributed by atoms with van der Waals surface area (Å²) in [6, 6.07) is 11.2. The second-order valence-electron chi connectivity index (χ2n) is 5.35. The molecule has 2 rings (SSSR count). The summed E-state index contributed by atoms with van der Waals surface area (Å²) in [5.74, 6) is 1.01. The van der Waals surface area contributed by atoms with E-state index in [9.17, 15) is 4.79 Å². The smallest absolute Gasteiger partial charge is 0.230 e. The maximum atomic E-state index is 12.0. The van der Waals surface area contributed by atoms with Crippen molar-refractivity contribution in [1.29, 1.82) is 0 Å². The van der Waals surface area contributed by atoms with Crippen LogP contribution in [0.5, 0.6) is 0 Å². The molecule has 0 atom stereocenters. The summed E-state index contributed by atoms with van der Waals surface area (Å²) >= 11 is 3.43. The number of carbonyl (C=O) groups is 1. The summed E-state index contributed by atoms with van der Waals surface area (Å²) in [5, 5.41) is 14.0. The van der Waals surface area contributed by atoms with Gasteiger partial charge < -0.3 is 15.5 Å². The van der Waals surface area contributed by atoms with Crippen molar-refractivity contribution >= 4 is 33.5 Å². The molecule has 1 aromatic carbocycles. The van der Waals surface area contributed by atoms with E-state index >= 15 is 0 Å². The molecular formula is C16H20BrN5O. The molecule has 0 saturated heterocycles. The zero-order chi connectivity index (χ0) is 16.7. The normalized spacial score (nSPS) is 10.6. The first-order valence-corrected chi connectivity index (χ1v) is 8.09. The van der Waals surface area contributed by atoms with Gasteiger partial charge in [0.25, 0.3) is 0 Å². The molecule has 1 heterocycles. The van der Waals surface area contributed by atoms with Crippen LogP contribution in [0.3, 0.4) is 0 Å². The predicted octanol–water partition coefficient (Wildman–Crippen LogP) is 2.39. The number of halogens is 1. The van der Waals surface area contributed by atoms with Crippen LogP contribution < -0.4 is 10.6 Å². The van der Waals surface area contributed by atoms with Crippen molar-refractivity contribution in [3.05, 3.63) is 46.4 Å². The van der Waals surface area contributed by atoms with Gasteiger partial charge in [-0.15, -0.1) is 10.2 Å². The molecule has 0 radical (unpaired) electrons. The molecule has 1 amide bonds. The molecule has 7 heteroatoms. The highest BCUT2D eigenvalue weighted by Gasteiger charge is 2.08. The molecule has 0 unspecified atom stereocenters. The molecule has 23 heavy (non-hydrogen) atoms. The molecule has 1 aromatic heterocycles. The molecule has 122 valence electrons. The number of likely N-dealkylation sites (N-methyl/N-ethyl adjacent to an activating group) is 1. The fourth-order valence-electron chi connectivity index (χ4n) is 1.90. The number of rotatable bonds is 7. The van der Waals surface area contributed by atoms with Gasteiger partial charge in [-0.05, 0) is 37.9 Å². The lowest BCUT2D eigenvalue weighted by atomic mass is 10.1. The third-order valence-corrected chi connectivity index (χ3v) is 3.88. The first-order valence-electron chi connectivity index (χ1n) is 7.30. The van der Waals surface area contributed by atoms with Crippen LogP contribution in [0.25, 0.3) is 0 Å². The van der Waals surface area contributed by atoms with Gasteiger partial charge >= 0.3 is 0 Å². The van der Waals surface area contributed by atoms with E-state index in [1.807, 2.05) is 38.4 Å². The number of nitrogens with one attached hydrogen (secondary N) is 2. The minimum Gasteiger partial charge on any atom is -0.367 e. The lowest BCUT2D eigenvalue weighted by Gasteiger charge is -2.10. The van der Waals surface area contributed by atoms with E-state index < -0.39 is 0 Å². The summed E-state index contributed by atoms with van der Waals surface area (Å²) in [6.45, 7) is 1.70. The minimum atomic E-state index is -0.125. The molecule has 0 aliphatic heterocycles.